The number of nitrogens with one attached hydrogen (secondary N) is 1. The van der Waals surface area contributed by atoms with Gasteiger partial charge in [0.1, 0.15) is 5.69 Å². The molecule has 16 heavy (non-hydrogen) atoms. The minimum Gasteiger partial charge on any atom is -0.493 e. The predicted molar refractivity (Wildman–Crippen MR) is 64.5 cm³/mol. The van der Waals surface area contributed by atoms with Gasteiger partial charge in [0, 0.05) is 13.1 Å². The third-order valence-electron chi connectivity index (χ3n) is 2.83. The van der Waals surface area contributed by atoms with Crippen molar-refractivity contribution in [3.05, 3.63) is 18.0 Å². The molecule has 0 unspecified atom stereocenters. The van der Waals surface area contributed by atoms with Gasteiger partial charge in [-0.2, -0.15) is 5.10 Å². The van der Waals surface area contributed by atoms with Crippen molar-refractivity contribution < 1.29 is 4.74 Å². The third kappa shape index (κ3) is 2.11. The second kappa shape index (κ2) is 5.16. The molecule has 0 aromatic carbocycles. The van der Waals surface area contributed by atoms with Crippen LogP contribution in [0.1, 0.15) is 25.5 Å². The van der Waals surface area contributed by atoms with Gasteiger partial charge in [0.2, 0.25) is 0 Å². The first kappa shape index (κ1) is 11.2. The van der Waals surface area contributed by atoms with Crippen molar-refractivity contribution in [2.75, 3.05) is 20.2 Å². The van der Waals surface area contributed by atoms with E-state index in [0.717, 1.165) is 43.9 Å². The molecule has 2 heterocycles. The molecule has 0 amide bonds. The summed E-state index contributed by atoms with van der Waals surface area (Å²) in [6.07, 6.45) is 6.18. The Kier molecular flexibility index (Phi) is 3.62. The highest BCUT2D eigenvalue weighted by molar-refractivity contribution is 5.68. The van der Waals surface area contributed by atoms with E-state index < -0.39 is 0 Å². The topological polar surface area (TPSA) is 39.1 Å². The van der Waals surface area contributed by atoms with Gasteiger partial charge >= 0.3 is 0 Å². The number of hydrogen-bond acceptors (Lipinski definition) is 3. The lowest BCUT2D eigenvalue weighted by Gasteiger charge is -2.16. The number of nitrogens with zero attached hydrogens (tertiary/aromatic N) is 2. The summed E-state index contributed by atoms with van der Waals surface area (Å²) in [4.78, 5) is 0. The maximum Gasteiger partial charge on any atom is 0.164 e. The van der Waals surface area contributed by atoms with E-state index in [2.05, 4.69) is 28.1 Å². The molecule has 4 nitrogen and oxygen atoms in total. The maximum atomic E-state index is 5.38. The fourth-order valence-corrected chi connectivity index (χ4v) is 2.06. The van der Waals surface area contributed by atoms with Crippen molar-refractivity contribution in [3.8, 4) is 5.75 Å². The van der Waals surface area contributed by atoms with E-state index in [1.807, 2.05) is 6.20 Å². The standard InChI is InChI=1S/C12H19N3O/c1-3-8-15-12(11(16-2)9-14-15)10-4-6-13-7-5-10/h4,9,13H,3,5-8H2,1-2H3. The summed E-state index contributed by atoms with van der Waals surface area (Å²) in [5.41, 5.74) is 2.51. The summed E-state index contributed by atoms with van der Waals surface area (Å²) in [5.74, 6) is 0.890. The largest absolute Gasteiger partial charge is 0.493 e. The SMILES string of the molecule is CCCn1ncc(OC)c1C1=CCNCC1. The molecule has 4 heteroatoms. The summed E-state index contributed by atoms with van der Waals surface area (Å²) in [7, 11) is 1.71. The second-order valence-electron chi connectivity index (χ2n) is 3.97. The molecule has 1 aromatic rings. The van der Waals surface area contributed by atoms with Crippen LogP contribution in [-0.2, 0) is 6.54 Å². The first-order chi connectivity index (χ1) is 7.86. The van der Waals surface area contributed by atoms with E-state index in [1.165, 1.54) is 5.57 Å². The number of aromatic nitrogens is 2. The zero-order valence-corrected chi connectivity index (χ0v) is 9.99. The van der Waals surface area contributed by atoms with E-state index in [4.69, 9.17) is 4.74 Å². The van der Waals surface area contributed by atoms with E-state index >= 15 is 0 Å². The Morgan fingerprint density at radius 3 is 3.06 bits per heavy atom. The number of hydrogen-bond donors (Lipinski definition) is 1. The molecule has 1 aromatic heterocycles. The highest BCUT2D eigenvalue weighted by atomic mass is 16.5. The molecular formula is C12H19N3O. The lowest BCUT2D eigenvalue weighted by Crippen LogP contribution is -2.21. The Hall–Kier alpha value is -1.29. The summed E-state index contributed by atoms with van der Waals surface area (Å²) in [5, 5.41) is 7.70. The van der Waals surface area contributed by atoms with Crippen LogP contribution in [0.2, 0.25) is 0 Å². The molecule has 1 aliphatic heterocycles. The van der Waals surface area contributed by atoms with Gasteiger partial charge in [0.25, 0.3) is 0 Å². The lowest BCUT2D eigenvalue weighted by atomic mass is 10.1. The molecule has 0 bridgehead atoms. The van der Waals surface area contributed by atoms with Gasteiger partial charge in [-0.25, -0.2) is 0 Å². The van der Waals surface area contributed by atoms with Crippen LogP contribution < -0.4 is 10.1 Å². The fourth-order valence-electron chi connectivity index (χ4n) is 2.06. The molecule has 2 rings (SSSR count). The highest BCUT2D eigenvalue weighted by Gasteiger charge is 2.16. The molecule has 0 radical (unpaired) electrons. The summed E-state index contributed by atoms with van der Waals surface area (Å²) in [6, 6.07) is 0. The van der Waals surface area contributed by atoms with Crippen molar-refractivity contribution in [2.45, 2.75) is 26.3 Å². The zero-order valence-electron chi connectivity index (χ0n) is 9.99. The van der Waals surface area contributed by atoms with Crippen LogP contribution in [0.5, 0.6) is 5.75 Å². The van der Waals surface area contributed by atoms with Crippen LogP contribution in [0.25, 0.3) is 5.57 Å². The van der Waals surface area contributed by atoms with E-state index in [1.54, 1.807) is 7.11 Å². The number of rotatable bonds is 4. The Morgan fingerprint density at radius 2 is 2.44 bits per heavy atom. The minimum atomic E-state index is 0.890. The van der Waals surface area contributed by atoms with Crippen molar-refractivity contribution in [3.63, 3.8) is 0 Å². The molecule has 0 spiro atoms. The molecule has 0 saturated heterocycles. The van der Waals surface area contributed by atoms with Gasteiger partial charge in [0.15, 0.2) is 5.75 Å². The van der Waals surface area contributed by atoms with Crippen LogP contribution in [0, 0.1) is 0 Å². The first-order valence-electron chi connectivity index (χ1n) is 5.86. The van der Waals surface area contributed by atoms with Gasteiger partial charge in [-0.3, -0.25) is 4.68 Å². The summed E-state index contributed by atoms with van der Waals surface area (Å²) < 4.78 is 7.43. The number of aryl methyl sites for hydroxylation is 1. The molecule has 1 aliphatic rings. The van der Waals surface area contributed by atoms with Crippen LogP contribution in [0.4, 0.5) is 0 Å². The van der Waals surface area contributed by atoms with Gasteiger partial charge < -0.3 is 10.1 Å². The van der Waals surface area contributed by atoms with Crippen molar-refractivity contribution in [1.29, 1.82) is 0 Å². The normalized spacial score (nSPS) is 16.0. The molecule has 1 N–H and O–H groups in total. The monoisotopic (exact) mass is 221 g/mol. The van der Waals surface area contributed by atoms with Crippen LogP contribution in [-0.4, -0.2) is 30.0 Å². The van der Waals surface area contributed by atoms with E-state index in [9.17, 15) is 0 Å². The van der Waals surface area contributed by atoms with Crippen molar-refractivity contribution >= 4 is 5.57 Å². The Labute approximate surface area is 96.3 Å². The smallest absolute Gasteiger partial charge is 0.164 e. The summed E-state index contributed by atoms with van der Waals surface area (Å²) in [6.45, 7) is 5.08. The number of ether oxygens (including phenoxy) is 1. The second-order valence-corrected chi connectivity index (χ2v) is 3.97. The minimum absolute atomic E-state index is 0.890. The lowest BCUT2D eigenvalue weighted by molar-refractivity contribution is 0.411. The average molecular weight is 221 g/mol. The van der Waals surface area contributed by atoms with Crippen LogP contribution in [0.3, 0.4) is 0 Å². The fraction of sp³-hybridized carbons (Fsp3) is 0.583. The van der Waals surface area contributed by atoms with Gasteiger partial charge in [-0.15, -0.1) is 0 Å². The van der Waals surface area contributed by atoms with Crippen molar-refractivity contribution in [1.82, 2.24) is 15.1 Å². The van der Waals surface area contributed by atoms with Crippen LogP contribution in [0.15, 0.2) is 12.3 Å². The van der Waals surface area contributed by atoms with E-state index in [0.29, 0.717) is 0 Å². The van der Waals surface area contributed by atoms with Crippen LogP contribution >= 0.6 is 0 Å². The molecule has 0 saturated carbocycles. The predicted octanol–water partition coefficient (Wildman–Crippen LogP) is 1.68. The van der Waals surface area contributed by atoms with E-state index in [-0.39, 0.29) is 0 Å². The Bertz CT molecular complexity index is 382. The highest BCUT2D eigenvalue weighted by Crippen LogP contribution is 2.28. The molecular weight excluding hydrogens is 202 g/mol. The Balaban J connectivity index is 2.34. The molecule has 0 fully saturated rings. The molecule has 0 atom stereocenters. The van der Waals surface area contributed by atoms with Gasteiger partial charge in [0.05, 0.1) is 13.3 Å². The quantitative estimate of drug-likeness (QED) is 0.840. The third-order valence-corrected chi connectivity index (χ3v) is 2.83. The molecule has 88 valence electrons. The average Bonchev–Trinajstić information content (AvgIpc) is 2.74. The maximum absolute atomic E-state index is 5.38. The van der Waals surface area contributed by atoms with Gasteiger partial charge in [-0.05, 0) is 25.0 Å². The summed E-state index contributed by atoms with van der Waals surface area (Å²) >= 11 is 0. The van der Waals surface area contributed by atoms with Crippen molar-refractivity contribution in [2.24, 2.45) is 0 Å². The number of methoxy groups -OCH3 is 1. The van der Waals surface area contributed by atoms with Gasteiger partial charge in [-0.1, -0.05) is 13.0 Å². The molecule has 0 aliphatic carbocycles. The zero-order chi connectivity index (χ0) is 11.4. The first-order valence-corrected chi connectivity index (χ1v) is 5.86. The Morgan fingerprint density at radius 1 is 1.56 bits per heavy atom.